The fourth-order valence-electron chi connectivity index (χ4n) is 1.92. The number of alkyl halides is 1. The molecule has 112 valence electrons. The van der Waals surface area contributed by atoms with Crippen molar-refractivity contribution in [3.63, 3.8) is 0 Å². The van der Waals surface area contributed by atoms with Gasteiger partial charge in [-0.2, -0.15) is 0 Å². The van der Waals surface area contributed by atoms with Crippen LogP contribution in [0.4, 0.5) is 0 Å². The second kappa shape index (κ2) is 8.30. The van der Waals surface area contributed by atoms with E-state index in [-0.39, 0.29) is 18.1 Å². The quantitative estimate of drug-likeness (QED) is 0.761. The third-order valence-electron chi connectivity index (χ3n) is 3.01. The lowest BCUT2D eigenvalue weighted by Gasteiger charge is -2.21. The molecule has 20 heavy (non-hydrogen) atoms. The molecule has 1 unspecified atom stereocenters. The first-order chi connectivity index (χ1) is 9.43. The lowest BCUT2D eigenvalue weighted by atomic mass is 10.0. The topological polar surface area (TPSA) is 38.3 Å². The lowest BCUT2D eigenvalue weighted by molar-refractivity contribution is 0.0924. The van der Waals surface area contributed by atoms with Gasteiger partial charge in [-0.25, -0.2) is 0 Å². The van der Waals surface area contributed by atoms with Crippen LogP contribution >= 0.6 is 15.9 Å². The van der Waals surface area contributed by atoms with Crippen LogP contribution in [0.25, 0.3) is 0 Å². The summed E-state index contributed by atoms with van der Waals surface area (Å²) in [5.41, 5.74) is 0.642. The summed E-state index contributed by atoms with van der Waals surface area (Å²) in [6.45, 7) is 8.17. The number of benzene rings is 1. The molecule has 0 radical (unpaired) electrons. The highest BCUT2D eigenvalue weighted by Gasteiger charge is 2.16. The van der Waals surface area contributed by atoms with Crippen LogP contribution in [0, 0.1) is 5.92 Å². The summed E-state index contributed by atoms with van der Waals surface area (Å²) in [5, 5.41) is 3.97. The Morgan fingerprint density at radius 1 is 1.30 bits per heavy atom. The first kappa shape index (κ1) is 17.0. The molecule has 1 atom stereocenters. The minimum absolute atomic E-state index is 0.0427. The molecule has 0 saturated carbocycles. The Bertz CT molecular complexity index is 432. The van der Waals surface area contributed by atoms with Gasteiger partial charge in [-0.05, 0) is 44.4 Å². The summed E-state index contributed by atoms with van der Waals surface area (Å²) in [4.78, 5) is 12.3. The zero-order valence-electron chi connectivity index (χ0n) is 12.7. The van der Waals surface area contributed by atoms with E-state index in [1.807, 2.05) is 32.0 Å². The summed E-state index contributed by atoms with van der Waals surface area (Å²) >= 11 is 3.43. The van der Waals surface area contributed by atoms with Crippen molar-refractivity contribution in [2.45, 2.75) is 46.3 Å². The van der Waals surface area contributed by atoms with Gasteiger partial charge in [0.25, 0.3) is 5.91 Å². The Morgan fingerprint density at radius 3 is 2.55 bits per heavy atom. The maximum atomic E-state index is 12.3. The number of halogens is 1. The monoisotopic (exact) mass is 341 g/mol. The molecule has 1 N–H and O–H groups in total. The van der Waals surface area contributed by atoms with Gasteiger partial charge in [-0.1, -0.05) is 35.8 Å². The minimum atomic E-state index is -0.0427. The van der Waals surface area contributed by atoms with Gasteiger partial charge in [0.15, 0.2) is 0 Å². The first-order valence-electron chi connectivity index (χ1n) is 7.07. The van der Waals surface area contributed by atoms with Crippen molar-refractivity contribution in [1.82, 2.24) is 5.32 Å². The van der Waals surface area contributed by atoms with Crippen molar-refractivity contribution >= 4 is 21.8 Å². The average Bonchev–Trinajstić information content (AvgIpc) is 2.37. The van der Waals surface area contributed by atoms with E-state index in [4.69, 9.17) is 4.74 Å². The van der Waals surface area contributed by atoms with Gasteiger partial charge < -0.3 is 10.1 Å². The third-order valence-corrected chi connectivity index (χ3v) is 3.47. The summed E-state index contributed by atoms with van der Waals surface area (Å²) in [6, 6.07) is 7.50. The van der Waals surface area contributed by atoms with Gasteiger partial charge in [0, 0.05) is 16.9 Å². The highest BCUT2D eigenvalue weighted by molar-refractivity contribution is 9.09. The van der Waals surface area contributed by atoms with Crippen molar-refractivity contribution in [1.29, 1.82) is 0 Å². The van der Waals surface area contributed by atoms with E-state index in [0.29, 0.717) is 11.5 Å². The van der Waals surface area contributed by atoms with Gasteiger partial charge in [-0.3, -0.25) is 4.79 Å². The molecule has 0 fully saturated rings. The van der Waals surface area contributed by atoms with Crippen LogP contribution in [0.5, 0.6) is 5.75 Å². The second-order valence-corrected chi connectivity index (χ2v) is 6.29. The van der Waals surface area contributed by atoms with Crippen LogP contribution in [0.3, 0.4) is 0 Å². The number of hydrogen-bond donors (Lipinski definition) is 1. The minimum Gasteiger partial charge on any atom is -0.491 e. The van der Waals surface area contributed by atoms with Gasteiger partial charge in [0.2, 0.25) is 0 Å². The predicted molar refractivity (Wildman–Crippen MR) is 86.7 cm³/mol. The molecule has 1 aromatic carbocycles. The smallest absolute Gasteiger partial charge is 0.251 e. The summed E-state index contributed by atoms with van der Waals surface area (Å²) < 4.78 is 5.62. The van der Waals surface area contributed by atoms with Crippen molar-refractivity contribution in [2.75, 3.05) is 5.33 Å². The summed E-state index contributed by atoms with van der Waals surface area (Å²) in [5.74, 6) is 1.10. The van der Waals surface area contributed by atoms with E-state index in [2.05, 4.69) is 35.1 Å². The largest absolute Gasteiger partial charge is 0.491 e. The van der Waals surface area contributed by atoms with E-state index in [1.54, 1.807) is 6.07 Å². The summed E-state index contributed by atoms with van der Waals surface area (Å²) in [6.07, 6.45) is 1.02. The number of carbonyl (C=O) groups is 1. The number of hydrogen-bond acceptors (Lipinski definition) is 2. The van der Waals surface area contributed by atoms with Crippen LogP contribution in [-0.4, -0.2) is 23.4 Å². The van der Waals surface area contributed by atoms with Gasteiger partial charge >= 0.3 is 0 Å². The lowest BCUT2D eigenvalue weighted by Crippen LogP contribution is -2.38. The van der Waals surface area contributed by atoms with Crippen molar-refractivity contribution in [3.05, 3.63) is 29.8 Å². The van der Waals surface area contributed by atoms with E-state index < -0.39 is 0 Å². The normalized spacial score (nSPS) is 12.6. The molecule has 1 aromatic rings. The maximum absolute atomic E-state index is 12.3. The SMILES string of the molecule is CC(C)Oc1cccc(C(=O)NC(CCBr)C(C)C)c1. The number of carbonyl (C=O) groups excluding carboxylic acids is 1. The van der Waals surface area contributed by atoms with Crippen LogP contribution in [0.2, 0.25) is 0 Å². The molecule has 0 heterocycles. The number of nitrogens with one attached hydrogen (secondary N) is 1. The van der Waals surface area contributed by atoms with E-state index >= 15 is 0 Å². The fourth-order valence-corrected chi connectivity index (χ4v) is 2.42. The van der Waals surface area contributed by atoms with Crippen LogP contribution in [-0.2, 0) is 0 Å². The van der Waals surface area contributed by atoms with Gasteiger partial charge in [0.1, 0.15) is 5.75 Å². The van der Waals surface area contributed by atoms with E-state index in [1.165, 1.54) is 0 Å². The summed E-state index contributed by atoms with van der Waals surface area (Å²) in [7, 11) is 0. The first-order valence-corrected chi connectivity index (χ1v) is 8.19. The molecule has 0 aliphatic rings. The Morgan fingerprint density at radius 2 is 2.00 bits per heavy atom. The third kappa shape index (κ3) is 5.53. The van der Waals surface area contributed by atoms with Crippen molar-refractivity contribution in [3.8, 4) is 5.75 Å². The van der Waals surface area contributed by atoms with E-state index in [9.17, 15) is 4.79 Å². The highest BCUT2D eigenvalue weighted by Crippen LogP contribution is 2.16. The highest BCUT2D eigenvalue weighted by atomic mass is 79.9. The molecule has 0 saturated heterocycles. The zero-order valence-corrected chi connectivity index (χ0v) is 14.2. The molecule has 1 rings (SSSR count). The van der Waals surface area contributed by atoms with E-state index in [0.717, 1.165) is 17.5 Å². The molecular formula is C16H24BrNO2. The molecule has 4 heteroatoms. The van der Waals surface area contributed by atoms with Gasteiger partial charge in [-0.15, -0.1) is 0 Å². The number of amides is 1. The molecule has 3 nitrogen and oxygen atoms in total. The molecule has 0 aliphatic heterocycles. The fraction of sp³-hybridized carbons (Fsp3) is 0.562. The standard InChI is InChI=1S/C16H24BrNO2/c1-11(2)15(8-9-17)18-16(19)13-6-5-7-14(10-13)20-12(3)4/h5-7,10-12,15H,8-9H2,1-4H3,(H,18,19). The van der Waals surface area contributed by atoms with Crippen molar-refractivity contribution < 1.29 is 9.53 Å². The average molecular weight is 342 g/mol. The maximum Gasteiger partial charge on any atom is 0.251 e. The van der Waals surface area contributed by atoms with Crippen molar-refractivity contribution in [2.24, 2.45) is 5.92 Å². The Labute approximate surface area is 130 Å². The molecule has 0 aliphatic carbocycles. The zero-order chi connectivity index (χ0) is 15.1. The number of rotatable bonds is 7. The molecule has 0 bridgehead atoms. The number of ether oxygens (including phenoxy) is 1. The molecule has 1 amide bonds. The Kier molecular flexibility index (Phi) is 7.06. The second-order valence-electron chi connectivity index (χ2n) is 5.50. The van der Waals surface area contributed by atoms with Gasteiger partial charge in [0.05, 0.1) is 6.10 Å². The Hall–Kier alpha value is -1.03. The van der Waals surface area contributed by atoms with Crippen LogP contribution in [0.15, 0.2) is 24.3 Å². The molecular weight excluding hydrogens is 318 g/mol. The molecule has 0 spiro atoms. The predicted octanol–water partition coefficient (Wildman–Crippen LogP) is 4.01. The Balaban J connectivity index is 2.75. The van der Waals surface area contributed by atoms with Crippen LogP contribution in [0.1, 0.15) is 44.5 Å². The van der Waals surface area contributed by atoms with Crippen LogP contribution < -0.4 is 10.1 Å². The molecule has 0 aromatic heterocycles.